The van der Waals surface area contributed by atoms with Gasteiger partial charge in [-0.15, -0.1) is 12.4 Å². The molecular weight excluding hydrogens is 138 g/mol. The fourth-order valence-corrected chi connectivity index (χ4v) is 1.16. The molecule has 1 fully saturated rings. The summed E-state index contributed by atoms with van der Waals surface area (Å²) in [5.41, 5.74) is 0. The van der Waals surface area contributed by atoms with Gasteiger partial charge >= 0.3 is 0 Å². The van der Waals surface area contributed by atoms with E-state index in [-0.39, 0.29) is 12.4 Å². The van der Waals surface area contributed by atoms with Gasteiger partial charge in [-0.1, -0.05) is 6.92 Å². The summed E-state index contributed by atoms with van der Waals surface area (Å²) in [6.07, 6.45) is 1.14. The Hall–Kier alpha value is 0.210. The van der Waals surface area contributed by atoms with Gasteiger partial charge in [0, 0.05) is 6.04 Å². The van der Waals surface area contributed by atoms with E-state index in [1.165, 1.54) is 0 Å². The maximum absolute atomic E-state index is 8.62. The standard InChI is InChI=1S/C6H13NO.ClH/c1-5-2-6(4-8)7-3-5;/h5-8H,2-4H2,1H3;1H. The van der Waals surface area contributed by atoms with Crippen LogP contribution in [0.3, 0.4) is 0 Å². The van der Waals surface area contributed by atoms with E-state index in [0.29, 0.717) is 12.6 Å². The highest BCUT2D eigenvalue weighted by molar-refractivity contribution is 5.85. The van der Waals surface area contributed by atoms with Crippen LogP contribution in [0.15, 0.2) is 0 Å². The van der Waals surface area contributed by atoms with E-state index in [1.54, 1.807) is 0 Å². The third-order valence-corrected chi connectivity index (χ3v) is 1.66. The van der Waals surface area contributed by atoms with Crippen molar-refractivity contribution in [2.24, 2.45) is 5.92 Å². The van der Waals surface area contributed by atoms with E-state index in [0.717, 1.165) is 18.9 Å². The number of hydrogen-bond donors (Lipinski definition) is 2. The number of nitrogens with one attached hydrogen (secondary N) is 1. The summed E-state index contributed by atoms with van der Waals surface area (Å²) in [4.78, 5) is 0. The van der Waals surface area contributed by atoms with E-state index in [1.807, 2.05) is 0 Å². The Labute approximate surface area is 62.1 Å². The average molecular weight is 152 g/mol. The Morgan fingerprint density at radius 2 is 2.33 bits per heavy atom. The van der Waals surface area contributed by atoms with Crippen LogP contribution in [0.1, 0.15) is 13.3 Å². The molecule has 2 nitrogen and oxygen atoms in total. The van der Waals surface area contributed by atoms with Crippen molar-refractivity contribution in [3.05, 3.63) is 0 Å². The minimum absolute atomic E-state index is 0. The van der Waals surface area contributed by atoms with Gasteiger partial charge in [0.2, 0.25) is 0 Å². The summed E-state index contributed by atoms with van der Waals surface area (Å²) in [6.45, 7) is 3.57. The predicted molar refractivity (Wildman–Crippen MR) is 39.9 cm³/mol. The molecule has 0 aliphatic carbocycles. The summed E-state index contributed by atoms with van der Waals surface area (Å²) in [5, 5.41) is 11.8. The zero-order valence-corrected chi connectivity index (χ0v) is 6.45. The van der Waals surface area contributed by atoms with Crippen molar-refractivity contribution in [3.8, 4) is 0 Å². The highest BCUT2D eigenvalue weighted by Crippen LogP contribution is 2.11. The molecule has 0 radical (unpaired) electrons. The van der Waals surface area contributed by atoms with Gasteiger partial charge in [0.15, 0.2) is 0 Å². The summed E-state index contributed by atoms with van der Waals surface area (Å²) in [7, 11) is 0. The normalized spacial score (nSPS) is 34.0. The van der Waals surface area contributed by atoms with Gasteiger partial charge in [-0.3, -0.25) is 0 Å². The molecule has 0 aromatic carbocycles. The van der Waals surface area contributed by atoms with E-state index in [2.05, 4.69) is 12.2 Å². The second-order valence-electron chi connectivity index (χ2n) is 2.63. The molecule has 1 saturated heterocycles. The topological polar surface area (TPSA) is 32.3 Å². The van der Waals surface area contributed by atoms with Crippen LogP contribution in [0.5, 0.6) is 0 Å². The van der Waals surface area contributed by atoms with Gasteiger partial charge < -0.3 is 10.4 Å². The van der Waals surface area contributed by atoms with Crippen LogP contribution in [-0.4, -0.2) is 24.3 Å². The quantitative estimate of drug-likeness (QED) is 0.569. The molecule has 0 aromatic rings. The molecular formula is C6H14ClNO. The fraction of sp³-hybridized carbons (Fsp3) is 1.00. The van der Waals surface area contributed by atoms with Crippen molar-refractivity contribution in [2.45, 2.75) is 19.4 Å². The van der Waals surface area contributed by atoms with Crippen LogP contribution >= 0.6 is 12.4 Å². The molecule has 2 atom stereocenters. The van der Waals surface area contributed by atoms with E-state index in [9.17, 15) is 0 Å². The first-order valence-corrected chi connectivity index (χ1v) is 3.17. The molecule has 0 bridgehead atoms. The van der Waals surface area contributed by atoms with E-state index < -0.39 is 0 Å². The van der Waals surface area contributed by atoms with E-state index >= 15 is 0 Å². The molecule has 3 heteroatoms. The van der Waals surface area contributed by atoms with Crippen LogP contribution in [-0.2, 0) is 0 Å². The van der Waals surface area contributed by atoms with Crippen LogP contribution in [0.25, 0.3) is 0 Å². The lowest BCUT2D eigenvalue weighted by Crippen LogP contribution is -2.24. The Kier molecular flexibility index (Phi) is 4.19. The first-order valence-electron chi connectivity index (χ1n) is 3.17. The van der Waals surface area contributed by atoms with Crippen molar-refractivity contribution >= 4 is 12.4 Å². The Balaban J connectivity index is 0.000000640. The molecule has 1 heterocycles. The smallest absolute Gasteiger partial charge is 0.0584 e. The minimum atomic E-state index is 0. The van der Waals surface area contributed by atoms with Crippen molar-refractivity contribution in [3.63, 3.8) is 0 Å². The fourth-order valence-electron chi connectivity index (χ4n) is 1.16. The third kappa shape index (κ3) is 2.52. The molecule has 1 aliphatic heterocycles. The zero-order chi connectivity index (χ0) is 5.98. The molecule has 0 saturated carbocycles. The lowest BCUT2D eigenvalue weighted by Gasteiger charge is -2.02. The predicted octanol–water partition coefficient (Wildman–Crippen LogP) is 0.398. The molecule has 1 rings (SSSR count). The zero-order valence-electron chi connectivity index (χ0n) is 5.63. The first kappa shape index (κ1) is 9.21. The molecule has 2 N–H and O–H groups in total. The largest absolute Gasteiger partial charge is 0.395 e. The van der Waals surface area contributed by atoms with E-state index in [4.69, 9.17) is 5.11 Å². The van der Waals surface area contributed by atoms with Crippen LogP contribution in [0, 0.1) is 5.92 Å². The maximum Gasteiger partial charge on any atom is 0.0584 e. The molecule has 9 heavy (non-hydrogen) atoms. The number of halogens is 1. The molecule has 1 aliphatic rings. The van der Waals surface area contributed by atoms with Crippen molar-refractivity contribution < 1.29 is 5.11 Å². The van der Waals surface area contributed by atoms with Crippen molar-refractivity contribution in [2.75, 3.05) is 13.2 Å². The molecule has 2 unspecified atom stereocenters. The second-order valence-corrected chi connectivity index (χ2v) is 2.63. The van der Waals surface area contributed by atoms with Crippen LogP contribution in [0.4, 0.5) is 0 Å². The van der Waals surface area contributed by atoms with Crippen LogP contribution in [0.2, 0.25) is 0 Å². The Bertz CT molecular complexity index is 79.5. The molecule has 0 aromatic heterocycles. The Morgan fingerprint density at radius 1 is 1.67 bits per heavy atom. The highest BCUT2D eigenvalue weighted by atomic mass is 35.5. The molecule has 0 spiro atoms. The third-order valence-electron chi connectivity index (χ3n) is 1.66. The molecule has 0 amide bonds. The van der Waals surface area contributed by atoms with Crippen molar-refractivity contribution in [1.82, 2.24) is 5.32 Å². The summed E-state index contributed by atoms with van der Waals surface area (Å²) >= 11 is 0. The lowest BCUT2D eigenvalue weighted by molar-refractivity contribution is 0.253. The number of rotatable bonds is 1. The Morgan fingerprint density at radius 3 is 2.56 bits per heavy atom. The maximum atomic E-state index is 8.62. The van der Waals surface area contributed by atoms with Gasteiger partial charge in [0.25, 0.3) is 0 Å². The SMILES string of the molecule is CC1CNC(CO)C1.Cl. The van der Waals surface area contributed by atoms with Crippen molar-refractivity contribution in [1.29, 1.82) is 0 Å². The highest BCUT2D eigenvalue weighted by Gasteiger charge is 2.18. The van der Waals surface area contributed by atoms with Gasteiger partial charge in [-0.05, 0) is 18.9 Å². The lowest BCUT2D eigenvalue weighted by atomic mass is 10.1. The summed E-state index contributed by atoms with van der Waals surface area (Å²) in [5.74, 6) is 0.757. The van der Waals surface area contributed by atoms with Gasteiger partial charge in [0.1, 0.15) is 0 Å². The monoisotopic (exact) mass is 151 g/mol. The van der Waals surface area contributed by atoms with Gasteiger partial charge in [0.05, 0.1) is 6.61 Å². The number of aliphatic hydroxyl groups is 1. The van der Waals surface area contributed by atoms with Crippen LogP contribution < -0.4 is 5.32 Å². The first-order chi connectivity index (χ1) is 3.83. The number of aliphatic hydroxyl groups excluding tert-OH is 1. The van der Waals surface area contributed by atoms with Gasteiger partial charge in [-0.25, -0.2) is 0 Å². The second kappa shape index (κ2) is 4.09. The minimum Gasteiger partial charge on any atom is -0.395 e. The number of hydrogen-bond acceptors (Lipinski definition) is 2. The molecule has 56 valence electrons. The summed E-state index contributed by atoms with van der Waals surface area (Å²) in [6, 6.07) is 0.380. The average Bonchev–Trinajstić information content (AvgIpc) is 2.14. The summed E-state index contributed by atoms with van der Waals surface area (Å²) < 4.78 is 0. The van der Waals surface area contributed by atoms with Gasteiger partial charge in [-0.2, -0.15) is 0 Å².